The minimum absolute atomic E-state index is 0.0616. The van der Waals surface area contributed by atoms with Crippen molar-refractivity contribution in [3.8, 4) is 0 Å². The van der Waals surface area contributed by atoms with E-state index in [1.54, 1.807) is 19.1 Å². The van der Waals surface area contributed by atoms with Crippen molar-refractivity contribution >= 4 is 0 Å². The van der Waals surface area contributed by atoms with Crippen LogP contribution >= 0.6 is 0 Å². The molecular weight excluding hydrogens is 373 g/mol. The molecule has 0 radical (unpaired) electrons. The Labute approximate surface area is 164 Å². The smallest absolute Gasteiger partial charge is 0.373 e. The van der Waals surface area contributed by atoms with Crippen molar-refractivity contribution in [3.63, 3.8) is 0 Å². The van der Waals surface area contributed by atoms with Crippen LogP contribution in [0.3, 0.4) is 0 Å². The largest absolute Gasteiger partial charge is 0.387 e. The molecule has 4 nitrogen and oxygen atoms in total. The van der Waals surface area contributed by atoms with Crippen molar-refractivity contribution in [2.45, 2.75) is 70.3 Å². The second-order valence-electron chi connectivity index (χ2n) is 7.73. The Balaban J connectivity index is 1.55. The molecule has 2 atom stereocenters. The molecule has 7 heteroatoms. The van der Waals surface area contributed by atoms with Crippen molar-refractivity contribution in [1.29, 1.82) is 0 Å². The van der Waals surface area contributed by atoms with E-state index in [0.717, 1.165) is 31.2 Å². The van der Waals surface area contributed by atoms with Crippen LogP contribution in [0.2, 0.25) is 0 Å². The van der Waals surface area contributed by atoms with E-state index in [-0.39, 0.29) is 31.3 Å². The molecule has 0 N–H and O–H groups in total. The molecule has 2 saturated heterocycles. The zero-order chi connectivity index (χ0) is 20.2. The van der Waals surface area contributed by atoms with Crippen LogP contribution in [0.25, 0.3) is 0 Å². The Morgan fingerprint density at radius 3 is 2.29 bits per heavy atom. The van der Waals surface area contributed by atoms with Gasteiger partial charge in [-0.3, -0.25) is 4.74 Å². The predicted octanol–water partition coefficient (Wildman–Crippen LogP) is 5.47. The lowest BCUT2D eigenvalue weighted by atomic mass is 9.91. The fraction of sp³-hybridized carbons (Fsp3) is 0.714. The van der Waals surface area contributed by atoms with E-state index in [9.17, 15) is 13.2 Å². The quantitative estimate of drug-likeness (QED) is 0.606. The zero-order valence-electron chi connectivity index (χ0n) is 16.5. The van der Waals surface area contributed by atoms with Crippen LogP contribution in [0.4, 0.5) is 13.2 Å². The molecule has 2 aliphatic rings. The maximum absolute atomic E-state index is 14.4. The first kappa shape index (κ1) is 21.6. The third-order valence-electron chi connectivity index (χ3n) is 5.52. The summed E-state index contributed by atoms with van der Waals surface area (Å²) in [5.41, 5.74) is -1.09. The lowest BCUT2D eigenvalue weighted by molar-refractivity contribution is -0.419. The molecule has 3 rings (SSSR count). The molecule has 2 unspecified atom stereocenters. The lowest BCUT2D eigenvalue weighted by Crippen LogP contribution is -2.46. The number of halogens is 3. The summed E-state index contributed by atoms with van der Waals surface area (Å²) in [5.74, 6) is 0.588. The molecule has 0 amide bonds. The summed E-state index contributed by atoms with van der Waals surface area (Å²) in [5, 5.41) is 0. The summed E-state index contributed by atoms with van der Waals surface area (Å²) < 4.78 is 63.4. The van der Waals surface area contributed by atoms with Crippen LogP contribution in [-0.2, 0) is 25.1 Å². The number of benzene rings is 1. The van der Waals surface area contributed by atoms with Crippen LogP contribution in [0, 0.1) is 5.92 Å². The molecule has 0 spiro atoms. The summed E-state index contributed by atoms with van der Waals surface area (Å²) in [6.45, 7) is 2.26. The average molecular weight is 402 g/mol. The van der Waals surface area contributed by atoms with E-state index in [1.165, 1.54) is 12.1 Å². The second-order valence-corrected chi connectivity index (χ2v) is 7.73. The minimum atomic E-state index is -3.61. The predicted molar refractivity (Wildman–Crippen MR) is 97.6 cm³/mol. The van der Waals surface area contributed by atoms with Crippen molar-refractivity contribution in [2.75, 3.05) is 19.8 Å². The van der Waals surface area contributed by atoms with E-state index in [2.05, 4.69) is 11.7 Å². The van der Waals surface area contributed by atoms with Gasteiger partial charge in [0.05, 0.1) is 31.5 Å². The number of hydrogen-bond acceptors (Lipinski definition) is 4. The van der Waals surface area contributed by atoms with Crippen LogP contribution in [0.1, 0.15) is 63.2 Å². The Morgan fingerprint density at radius 1 is 1.07 bits per heavy atom. The molecule has 158 valence electrons. The van der Waals surface area contributed by atoms with Gasteiger partial charge < -0.3 is 14.2 Å². The number of rotatable bonds is 7. The summed E-state index contributed by atoms with van der Waals surface area (Å²) >= 11 is 0. The fourth-order valence-corrected chi connectivity index (χ4v) is 3.58. The van der Waals surface area contributed by atoms with Gasteiger partial charge in [-0.15, -0.1) is 0 Å². The fourth-order valence-electron chi connectivity index (χ4n) is 3.58. The van der Waals surface area contributed by atoms with Gasteiger partial charge in [0.25, 0.3) is 6.48 Å². The van der Waals surface area contributed by atoms with E-state index >= 15 is 0 Å². The van der Waals surface area contributed by atoms with Crippen LogP contribution < -0.4 is 0 Å². The van der Waals surface area contributed by atoms with Gasteiger partial charge in [0.1, 0.15) is 0 Å². The zero-order valence-corrected chi connectivity index (χ0v) is 16.5. The van der Waals surface area contributed by atoms with Crippen molar-refractivity contribution in [2.24, 2.45) is 5.92 Å². The first-order chi connectivity index (χ1) is 13.3. The molecule has 1 aromatic carbocycles. The van der Waals surface area contributed by atoms with Gasteiger partial charge in [0.2, 0.25) is 0 Å². The number of alkyl halides is 3. The number of hydrogen-bond donors (Lipinski definition) is 0. The first-order valence-electron chi connectivity index (χ1n) is 10.0. The summed E-state index contributed by atoms with van der Waals surface area (Å²) in [4.78, 5) is 0. The Kier molecular flexibility index (Phi) is 7.02. The van der Waals surface area contributed by atoms with Gasteiger partial charge in [-0.2, -0.15) is 8.78 Å². The highest BCUT2D eigenvalue weighted by molar-refractivity contribution is 5.26. The normalized spacial score (nSPS) is 31.7. The van der Waals surface area contributed by atoms with E-state index in [1.807, 2.05) is 0 Å². The van der Waals surface area contributed by atoms with Crippen LogP contribution in [0.15, 0.2) is 24.3 Å². The van der Waals surface area contributed by atoms with Crippen molar-refractivity contribution < 1.29 is 32.1 Å². The Hall–Kier alpha value is -1.15. The summed E-state index contributed by atoms with van der Waals surface area (Å²) in [6, 6.07) is 5.93. The van der Waals surface area contributed by atoms with Crippen molar-refractivity contribution in [3.05, 3.63) is 35.4 Å². The van der Waals surface area contributed by atoms with Crippen molar-refractivity contribution in [1.82, 2.24) is 0 Å². The van der Waals surface area contributed by atoms with E-state index in [4.69, 9.17) is 14.2 Å². The topological polar surface area (TPSA) is 36.9 Å². The van der Waals surface area contributed by atoms with Gasteiger partial charge in [-0.25, -0.2) is 4.39 Å². The maximum Gasteiger partial charge on any atom is 0.387 e. The molecule has 28 heavy (non-hydrogen) atoms. The summed E-state index contributed by atoms with van der Waals surface area (Å²) in [7, 11) is 0. The third-order valence-corrected chi connectivity index (χ3v) is 5.52. The number of ether oxygens (including phenoxy) is 4. The third kappa shape index (κ3) is 5.26. The van der Waals surface area contributed by atoms with E-state index in [0.29, 0.717) is 12.5 Å². The van der Waals surface area contributed by atoms with Gasteiger partial charge in [-0.05, 0) is 49.3 Å². The molecule has 0 saturated carbocycles. The monoisotopic (exact) mass is 402 g/mol. The molecule has 0 bridgehead atoms. The molecule has 2 heterocycles. The summed E-state index contributed by atoms with van der Waals surface area (Å²) in [6.07, 6.45) is 0.788. The molecule has 0 aromatic heterocycles. The second kappa shape index (κ2) is 9.11. The van der Waals surface area contributed by atoms with Gasteiger partial charge in [0, 0.05) is 0 Å². The van der Waals surface area contributed by atoms with Gasteiger partial charge >= 0.3 is 6.11 Å². The molecule has 1 aromatic rings. The molecule has 2 aliphatic heterocycles. The lowest BCUT2D eigenvalue weighted by Gasteiger charge is -2.34. The van der Waals surface area contributed by atoms with E-state index < -0.39 is 18.3 Å². The highest BCUT2D eigenvalue weighted by Crippen LogP contribution is 2.36. The highest BCUT2D eigenvalue weighted by atomic mass is 19.3. The van der Waals surface area contributed by atoms with Crippen LogP contribution in [0.5, 0.6) is 0 Å². The Bertz CT molecular complexity index is 607. The van der Waals surface area contributed by atoms with Gasteiger partial charge in [0.15, 0.2) is 5.67 Å². The van der Waals surface area contributed by atoms with Crippen LogP contribution in [-0.4, -0.2) is 32.0 Å². The minimum Gasteiger partial charge on any atom is -0.373 e. The molecular formula is C21H29F3O4. The molecule has 2 fully saturated rings. The Morgan fingerprint density at radius 2 is 1.75 bits per heavy atom. The standard InChI is InChI=1S/C21H29F3O4/c1-3-5-15-6-11-18(25-12-15)16-7-9-17(10-8-16)21(23,24)28-19-26-13-20(22,4-2)14-27-19/h7-10,15,18-19H,3-6,11-14H2,1-2H3. The average Bonchev–Trinajstić information content (AvgIpc) is 2.71. The first-order valence-corrected chi connectivity index (χ1v) is 10.0. The SMILES string of the molecule is CCCC1CCC(c2ccc(C(F)(F)OC3OCC(F)(CC)CO3)cc2)OC1. The highest BCUT2D eigenvalue weighted by Gasteiger charge is 2.42. The molecule has 0 aliphatic carbocycles. The maximum atomic E-state index is 14.4. The van der Waals surface area contributed by atoms with Gasteiger partial charge in [-0.1, -0.05) is 32.4 Å².